The van der Waals surface area contributed by atoms with Gasteiger partial charge in [0.15, 0.2) is 0 Å². The zero-order valence-electron chi connectivity index (χ0n) is 14.9. The van der Waals surface area contributed by atoms with Crippen molar-refractivity contribution in [1.29, 1.82) is 0 Å². The van der Waals surface area contributed by atoms with Crippen LogP contribution in [0.4, 0.5) is 0 Å². The summed E-state index contributed by atoms with van der Waals surface area (Å²) in [6, 6.07) is 18.8. The minimum Gasteiger partial charge on any atom is -0.334 e. The van der Waals surface area contributed by atoms with E-state index in [-0.39, 0.29) is 11.2 Å². The van der Waals surface area contributed by atoms with E-state index in [0.29, 0.717) is 6.54 Å². The molecule has 0 spiro atoms. The molecule has 2 aromatic carbocycles. The van der Waals surface area contributed by atoms with E-state index in [1.165, 1.54) is 29.1 Å². The average molecular weight is 382 g/mol. The number of aromatic amines is 1. The molecule has 1 fully saturated rings. The summed E-state index contributed by atoms with van der Waals surface area (Å²) < 4.78 is 27.3. The van der Waals surface area contributed by atoms with Crippen LogP contribution in [0.15, 0.2) is 72.1 Å². The monoisotopic (exact) mass is 382 g/mol. The predicted molar refractivity (Wildman–Crippen MR) is 104 cm³/mol. The normalized spacial score (nSPS) is 18.0. The quantitative estimate of drug-likeness (QED) is 0.687. The first kappa shape index (κ1) is 17.9. The topological polar surface area (TPSA) is 78.1 Å². The van der Waals surface area contributed by atoms with Gasteiger partial charge in [-0.05, 0) is 23.1 Å². The minimum atomic E-state index is -3.58. The van der Waals surface area contributed by atoms with Crippen molar-refractivity contribution in [2.24, 2.45) is 0 Å². The highest BCUT2D eigenvalue weighted by Gasteiger charge is 2.28. The molecule has 4 rings (SSSR count). The number of benzene rings is 2. The molecular formula is C20H22N4O2S. The summed E-state index contributed by atoms with van der Waals surface area (Å²) in [7, 11) is -3.58. The molecule has 2 heterocycles. The number of sulfonamides is 1. The van der Waals surface area contributed by atoms with Crippen molar-refractivity contribution in [2.75, 3.05) is 13.1 Å². The molecular weight excluding hydrogens is 360 g/mol. The lowest BCUT2D eigenvalue weighted by Crippen LogP contribution is -2.37. The van der Waals surface area contributed by atoms with Gasteiger partial charge in [-0.15, -0.1) is 0 Å². The second kappa shape index (κ2) is 7.64. The SMILES string of the molecule is O=S(=O)(N[C@@H]1CCN(Cc2ccc(-c3ccccc3)cc2)C1)c1ncc[nH]1. The highest BCUT2D eigenvalue weighted by atomic mass is 32.2. The molecule has 1 saturated heterocycles. The first-order valence-corrected chi connectivity index (χ1v) is 10.5. The molecule has 2 N–H and O–H groups in total. The lowest BCUT2D eigenvalue weighted by molar-refractivity contribution is 0.324. The fourth-order valence-corrected chi connectivity index (χ4v) is 4.60. The lowest BCUT2D eigenvalue weighted by Gasteiger charge is -2.17. The highest BCUT2D eigenvalue weighted by molar-refractivity contribution is 7.89. The van der Waals surface area contributed by atoms with Gasteiger partial charge in [-0.3, -0.25) is 4.90 Å². The van der Waals surface area contributed by atoms with Gasteiger partial charge in [0.1, 0.15) is 0 Å². The second-order valence-corrected chi connectivity index (χ2v) is 8.43. The maximum Gasteiger partial charge on any atom is 0.274 e. The lowest BCUT2D eigenvalue weighted by atomic mass is 10.0. The van der Waals surface area contributed by atoms with Crippen LogP contribution in [0.3, 0.4) is 0 Å². The Kier molecular flexibility index (Phi) is 5.07. The number of rotatable bonds is 6. The van der Waals surface area contributed by atoms with Crippen LogP contribution in [-0.4, -0.2) is 42.4 Å². The van der Waals surface area contributed by atoms with Crippen molar-refractivity contribution in [1.82, 2.24) is 19.6 Å². The van der Waals surface area contributed by atoms with Crippen molar-refractivity contribution < 1.29 is 8.42 Å². The molecule has 0 bridgehead atoms. The highest BCUT2D eigenvalue weighted by Crippen LogP contribution is 2.21. The van der Waals surface area contributed by atoms with Crippen LogP contribution in [0, 0.1) is 0 Å². The molecule has 6 nitrogen and oxygen atoms in total. The standard InChI is InChI=1S/C20H22N4O2S/c25-27(26,20-21-11-12-22-20)23-19-10-13-24(15-19)14-16-6-8-18(9-7-16)17-4-2-1-3-5-17/h1-9,11-12,19,23H,10,13-15H2,(H,21,22)/t19-/m1/s1. The van der Waals surface area contributed by atoms with Crippen molar-refractivity contribution >= 4 is 10.0 Å². The number of imidazole rings is 1. The van der Waals surface area contributed by atoms with Gasteiger partial charge in [-0.25, -0.2) is 18.1 Å². The summed E-state index contributed by atoms with van der Waals surface area (Å²) in [5, 5.41) is -0.0301. The Morgan fingerprint density at radius 1 is 1.07 bits per heavy atom. The zero-order chi connectivity index (χ0) is 18.7. The molecule has 0 saturated carbocycles. The van der Waals surface area contributed by atoms with Crippen LogP contribution in [0.25, 0.3) is 11.1 Å². The molecule has 0 radical (unpaired) electrons. The zero-order valence-corrected chi connectivity index (χ0v) is 15.7. The number of likely N-dealkylation sites (tertiary alicyclic amines) is 1. The fourth-order valence-electron chi connectivity index (χ4n) is 3.44. The maximum absolute atomic E-state index is 12.3. The van der Waals surface area contributed by atoms with Crippen LogP contribution in [0.1, 0.15) is 12.0 Å². The molecule has 0 aliphatic carbocycles. The number of hydrogen-bond acceptors (Lipinski definition) is 4. The van der Waals surface area contributed by atoms with Gasteiger partial charge in [0.05, 0.1) is 0 Å². The average Bonchev–Trinajstić information content (AvgIpc) is 3.36. The summed E-state index contributed by atoms with van der Waals surface area (Å²) in [5.74, 6) is 0. The minimum absolute atomic E-state index is 0.0301. The number of hydrogen-bond donors (Lipinski definition) is 2. The molecule has 3 aromatic rings. The largest absolute Gasteiger partial charge is 0.334 e. The van der Waals surface area contributed by atoms with E-state index in [1.54, 1.807) is 0 Å². The first-order valence-electron chi connectivity index (χ1n) is 8.98. The number of nitrogens with one attached hydrogen (secondary N) is 2. The second-order valence-electron chi connectivity index (χ2n) is 6.80. The molecule has 27 heavy (non-hydrogen) atoms. The molecule has 0 amide bonds. The van der Waals surface area contributed by atoms with Gasteiger partial charge < -0.3 is 4.98 Å². The Balaban J connectivity index is 1.35. The van der Waals surface area contributed by atoms with Crippen LogP contribution in [0.2, 0.25) is 0 Å². The third kappa shape index (κ3) is 4.27. The Morgan fingerprint density at radius 3 is 2.52 bits per heavy atom. The van der Waals surface area contributed by atoms with Gasteiger partial charge >= 0.3 is 0 Å². The van der Waals surface area contributed by atoms with Gasteiger partial charge in [-0.2, -0.15) is 0 Å². The van der Waals surface area contributed by atoms with Crippen LogP contribution >= 0.6 is 0 Å². The summed E-state index contributed by atoms with van der Waals surface area (Å²) >= 11 is 0. The van der Waals surface area contributed by atoms with Crippen LogP contribution in [-0.2, 0) is 16.6 Å². The molecule has 1 atom stereocenters. The van der Waals surface area contributed by atoms with E-state index in [0.717, 1.165) is 19.5 Å². The summed E-state index contributed by atoms with van der Waals surface area (Å²) in [4.78, 5) is 8.75. The van der Waals surface area contributed by atoms with E-state index in [2.05, 4.69) is 56.0 Å². The molecule has 1 aromatic heterocycles. The summed E-state index contributed by atoms with van der Waals surface area (Å²) in [6.07, 6.45) is 3.74. The van der Waals surface area contributed by atoms with Gasteiger partial charge in [-0.1, -0.05) is 54.6 Å². The summed E-state index contributed by atoms with van der Waals surface area (Å²) in [5.41, 5.74) is 3.63. The van der Waals surface area contributed by atoms with E-state index in [4.69, 9.17) is 0 Å². The van der Waals surface area contributed by atoms with Crippen molar-refractivity contribution in [3.63, 3.8) is 0 Å². The fraction of sp³-hybridized carbons (Fsp3) is 0.250. The number of H-pyrrole nitrogens is 1. The molecule has 0 unspecified atom stereocenters. The molecule has 7 heteroatoms. The first-order chi connectivity index (χ1) is 13.1. The van der Waals surface area contributed by atoms with Crippen molar-refractivity contribution in [2.45, 2.75) is 24.2 Å². The van der Waals surface area contributed by atoms with Crippen LogP contribution in [0.5, 0.6) is 0 Å². The van der Waals surface area contributed by atoms with Crippen LogP contribution < -0.4 is 4.72 Å². The Bertz CT molecular complexity index is 971. The predicted octanol–water partition coefficient (Wildman–Crippen LogP) is 2.63. The van der Waals surface area contributed by atoms with E-state index < -0.39 is 10.0 Å². The number of nitrogens with zero attached hydrogens (tertiary/aromatic N) is 2. The Labute approximate surface area is 159 Å². The van der Waals surface area contributed by atoms with Crippen molar-refractivity contribution in [3.8, 4) is 11.1 Å². The van der Waals surface area contributed by atoms with Crippen molar-refractivity contribution in [3.05, 3.63) is 72.6 Å². The number of aromatic nitrogens is 2. The Morgan fingerprint density at radius 2 is 1.81 bits per heavy atom. The summed E-state index contributed by atoms with van der Waals surface area (Å²) in [6.45, 7) is 2.38. The smallest absolute Gasteiger partial charge is 0.274 e. The van der Waals surface area contributed by atoms with E-state index >= 15 is 0 Å². The van der Waals surface area contributed by atoms with E-state index in [9.17, 15) is 8.42 Å². The van der Waals surface area contributed by atoms with Gasteiger partial charge in [0.2, 0.25) is 5.16 Å². The van der Waals surface area contributed by atoms with Gasteiger partial charge in [0.25, 0.3) is 10.0 Å². The third-order valence-electron chi connectivity index (χ3n) is 4.79. The molecule has 1 aliphatic heterocycles. The molecule has 140 valence electrons. The Hall–Kier alpha value is -2.48. The maximum atomic E-state index is 12.3. The third-order valence-corrected chi connectivity index (χ3v) is 6.17. The molecule has 1 aliphatic rings. The van der Waals surface area contributed by atoms with Gasteiger partial charge in [0, 0.05) is 38.1 Å². The van der Waals surface area contributed by atoms with E-state index in [1.807, 2.05) is 18.2 Å².